The minimum absolute atomic E-state index is 0.190. The number of rotatable bonds is 2. The Kier molecular flexibility index (Phi) is 2.82. The van der Waals surface area contributed by atoms with Crippen LogP contribution in [-0.2, 0) is 4.79 Å². The van der Waals surface area contributed by atoms with Crippen molar-refractivity contribution >= 4 is 28.9 Å². The fraction of sp³-hybridized carbons (Fsp3) is 0.800. The number of hydrogen-bond acceptors (Lipinski definition) is 1. The molecule has 0 saturated heterocycles. The Bertz CT molecular complexity index is 101. The van der Waals surface area contributed by atoms with Crippen molar-refractivity contribution in [2.45, 2.75) is 18.2 Å². The van der Waals surface area contributed by atoms with Crippen molar-refractivity contribution in [1.82, 2.24) is 0 Å². The van der Waals surface area contributed by atoms with Crippen molar-refractivity contribution in [3.05, 3.63) is 0 Å². The van der Waals surface area contributed by atoms with E-state index in [1.54, 1.807) is 0 Å². The molecule has 1 amide bonds. The Morgan fingerprint density at radius 3 is 2.12 bits per heavy atom. The summed E-state index contributed by atoms with van der Waals surface area (Å²) < 4.78 is 0.938. The molecule has 48 valence electrons. The van der Waals surface area contributed by atoms with Crippen LogP contribution in [0.3, 0.4) is 0 Å². The van der Waals surface area contributed by atoms with Crippen LogP contribution in [0.2, 0.25) is 4.37 Å². The number of nitrogens with two attached hydrogens (primary N) is 1. The Hall–Kier alpha value is 0.288. The molecule has 0 aromatic heterocycles. The molecule has 0 bridgehead atoms. The number of hydrogen-bond donors (Lipinski definition) is 1. The van der Waals surface area contributed by atoms with Crippen LogP contribution < -0.4 is 5.73 Å². The Morgan fingerprint density at radius 2 is 2.12 bits per heavy atom. The van der Waals surface area contributed by atoms with Crippen LogP contribution in [0.25, 0.3) is 0 Å². The fourth-order valence-corrected chi connectivity index (χ4v) is 0.675. The quantitative estimate of drug-likeness (QED) is 0.634. The molecule has 0 aromatic carbocycles. The van der Waals surface area contributed by atoms with Crippen LogP contribution in [-0.4, -0.2) is 28.9 Å². The Morgan fingerprint density at radius 1 is 1.75 bits per heavy atom. The standard InChI is InChI=1S/C5H10NO.Sb.2H/c1-5(2,3)4(6)7;;;/h1H2,2-3H3,(H2,6,7);;;. The van der Waals surface area contributed by atoms with Gasteiger partial charge in [0.25, 0.3) is 0 Å². The molecule has 0 atom stereocenters. The van der Waals surface area contributed by atoms with E-state index in [-0.39, 0.29) is 11.3 Å². The summed E-state index contributed by atoms with van der Waals surface area (Å²) in [7, 11) is 0. The van der Waals surface area contributed by atoms with Gasteiger partial charge in [-0.15, -0.1) is 0 Å². The maximum absolute atomic E-state index is 10.5. The summed E-state index contributed by atoms with van der Waals surface area (Å²) in [4.78, 5) is 10.5. The first-order valence-corrected chi connectivity index (χ1v) is 4.83. The van der Waals surface area contributed by atoms with Crippen molar-refractivity contribution < 1.29 is 4.79 Å². The zero-order chi connectivity index (χ0) is 6.78. The zero-order valence-electron chi connectivity index (χ0n) is 5.27. The molecule has 0 aliphatic carbocycles. The molecule has 3 heteroatoms. The van der Waals surface area contributed by atoms with Crippen LogP contribution in [0.1, 0.15) is 13.8 Å². The van der Waals surface area contributed by atoms with Crippen LogP contribution >= 0.6 is 0 Å². The van der Waals surface area contributed by atoms with Gasteiger partial charge in [-0.2, -0.15) is 0 Å². The summed E-state index contributed by atoms with van der Waals surface area (Å²) in [5.74, 6) is -0.190. The maximum atomic E-state index is 10.5. The molecule has 0 saturated carbocycles. The number of primary amides is 1. The first kappa shape index (κ1) is 8.29. The summed E-state index contributed by atoms with van der Waals surface area (Å²) in [6, 6.07) is 0. The zero-order valence-corrected chi connectivity index (χ0v) is 8.57. The van der Waals surface area contributed by atoms with E-state index < -0.39 is 0 Å². The molecule has 0 aliphatic rings. The average Bonchev–Trinajstić information content (AvgIpc) is 1.67. The molecule has 2 N–H and O–H groups in total. The van der Waals surface area contributed by atoms with Crippen molar-refractivity contribution in [2.75, 3.05) is 0 Å². The molecule has 0 heterocycles. The van der Waals surface area contributed by atoms with Gasteiger partial charge in [-0.25, -0.2) is 0 Å². The first-order valence-electron chi connectivity index (χ1n) is 2.50. The fourth-order valence-electron chi connectivity index (χ4n) is 0.101. The van der Waals surface area contributed by atoms with Crippen LogP contribution in [0.4, 0.5) is 0 Å². The van der Waals surface area contributed by atoms with E-state index in [0.717, 1.165) is 27.4 Å². The summed E-state index contributed by atoms with van der Waals surface area (Å²) in [6.07, 6.45) is 0. The van der Waals surface area contributed by atoms with E-state index in [0.29, 0.717) is 0 Å². The molecule has 8 heavy (non-hydrogen) atoms. The van der Waals surface area contributed by atoms with Gasteiger partial charge in [0.15, 0.2) is 0 Å². The average molecular weight is 224 g/mol. The van der Waals surface area contributed by atoms with Gasteiger partial charge < -0.3 is 0 Å². The van der Waals surface area contributed by atoms with E-state index in [1.165, 1.54) is 0 Å². The van der Waals surface area contributed by atoms with Crippen LogP contribution in [0.15, 0.2) is 0 Å². The van der Waals surface area contributed by atoms with E-state index in [1.807, 2.05) is 13.8 Å². The van der Waals surface area contributed by atoms with Gasteiger partial charge in [0.05, 0.1) is 0 Å². The second-order valence-corrected chi connectivity index (χ2v) is 3.62. The second-order valence-electron chi connectivity index (χ2n) is 2.45. The topological polar surface area (TPSA) is 43.1 Å². The van der Waals surface area contributed by atoms with Crippen molar-refractivity contribution in [1.29, 1.82) is 0 Å². The van der Waals surface area contributed by atoms with Gasteiger partial charge in [0, 0.05) is 0 Å². The number of amides is 1. The van der Waals surface area contributed by atoms with Crippen molar-refractivity contribution in [3.8, 4) is 0 Å². The Labute approximate surface area is 63.3 Å². The van der Waals surface area contributed by atoms with Gasteiger partial charge in [-0.1, -0.05) is 0 Å². The van der Waals surface area contributed by atoms with Gasteiger partial charge in [-0.05, 0) is 0 Å². The van der Waals surface area contributed by atoms with E-state index >= 15 is 0 Å². The Balaban J connectivity index is 3.91. The van der Waals surface area contributed by atoms with Crippen molar-refractivity contribution in [2.24, 2.45) is 11.1 Å². The summed E-state index contributed by atoms with van der Waals surface area (Å²) in [5.41, 5.74) is 4.80. The van der Waals surface area contributed by atoms with E-state index in [9.17, 15) is 4.79 Å². The predicted molar refractivity (Wildman–Crippen MR) is 36.3 cm³/mol. The molecule has 0 radical (unpaired) electrons. The van der Waals surface area contributed by atoms with Crippen LogP contribution in [0, 0.1) is 5.41 Å². The number of carbonyl (C=O) groups excluding carboxylic acids is 1. The normalized spacial score (nSPS) is 11.4. The molecular weight excluding hydrogens is 212 g/mol. The van der Waals surface area contributed by atoms with Gasteiger partial charge in [-0.3, -0.25) is 0 Å². The molecule has 0 rings (SSSR count). The minimum atomic E-state index is -0.262. The monoisotopic (exact) mass is 223 g/mol. The van der Waals surface area contributed by atoms with E-state index in [4.69, 9.17) is 5.73 Å². The molecule has 2 nitrogen and oxygen atoms in total. The summed E-state index contributed by atoms with van der Waals surface area (Å²) in [5, 5.41) is 0. The SMILES string of the molecule is CC(C)([CH2][SbH2])C(N)=O. The predicted octanol–water partition coefficient (Wildman–Crippen LogP) is -0.451. The van der Waals surface area contributed by atoms with E-state index in [2.05, 4.69) is 0 Å². The molecular formula is C5H12NOSb. The van der Waals surface area contributed by atoms with Crippen molar-refractivity contribution in [3.63, 3.8) is 0 Å². The molecule has 0 aliphatic heterocycles. The summed E-state index contributed by atoms with van der Waals surface area (Å²) in [6.45, 7) is 3.75. The third-order valence-corrected chi connectivity index (χ3v) is 4.09. The summed E-state index contributed by atoms with van der Waals surface area (Å²) >= 11 is 1.10. The number of carbonyl (C=O) groups is 1. The van der Waals surface area contributed by atoms with Crippen LogP contribution in [0.5, 0.6) is 0 Å². The third kappa shape index (κ3) is 2.04. The van der Waals surface area contributed by atoms with Gasteiger partial charge in [0.2, 0.25) is 0 Å². The molecule has 0 aromatic rings. The third-order valence-electron chi connectivity index (χ3n) is 1.18. The molecule has 0 spiro atoms. The van der Waals surface area contributed by atoms with Gasteiger partial charge in [0.1, 0.15) is 0 Å². The second kappa shape index (κ2) is 2.72. The molecule has 0 fully saturated rings. The first-order chi connectivity index (χ1) is 3.50. The van der Waals surface area contributed by atoms with Gasteiger partial charge >= 0.3 is 63.1 Å². The molecule has 0 unspecified atom stereocenters.